The fourth-order valence-electron chi connectivity index (χ4n) is 5.83. The van der Waals surface area contributed by atoms with Crippen molar-refractivity contribution in [1.82, 2.24) is 10.2 Å². The van der Waals surface area contributed by atoms with Crippen molar-refractivity contribution in [2.24, 2.45) is 11.3 Å². The van der Waals surface area contributed by atoms with Gasteiger partial charge in [0.25, 0.3) is 0 Å². The van der Waals surface area contributed by atoms with E-state index >= 15 is 0 Å². The third-order valence-corrected chi connectivity index (χ3v) is 7.63. The molecule has 2 aromatic rings. The molecular weight excluding hydrogens is 436 g/mol. The monoisotopic (exact) mass is 462 g/mol. The zero-order valence-corrected chi connectivity index (χ0v) is 19.1. The number of nitrogens with zero attached hydrogens (tertiary/aromatic N) is 1. The van der Waals surface area contributed by atoms with E-state index in [0.29, 0.717) is 36.9 Å². The zero-order chi connectivity index (χ0) is 23.5. The van der Waals surface area contributed by atoms with Crippen LogP contribution in [0.1, 0.15) is 18.1 Å². The van der Waals surface area contributed by atoms with Crippen LogP contribution in [0.5, 0.6) is 17.2 Å². The Morgan fingerprint density at radius 1 is 1.21 bits per heavy atom. The maximum absolute atomic E-state index is 13.8. The summed E-state index contributed by atoms with van der Waals surface area (Å²) in [6.45, 7) is 3.19. The van der Waals surface area contributed by atoms with Crippen molar-refractivity contribution in [3.8, 4) is 17.2 Å². The summed E-state index contributed by atoms with van der Waals surface area (Å²) in [5.74, 6) is 1.22. The smallest absolute Gasteiger partial charge is 0.233 e. The Kier molecular flexibility index (Phi) is 4.64. The highest BCUT2D eigenvalue weighted by molar-refractivity contribution is 5.96. The van der Waals surface area contributed by atoms with Gasteiger partial charge in [0.1, 0.15) is 11.4 Å². The molecule has 4 aliphatic heterocycles. The zero-order valence-electron chi connectivity index (χ0n) is 19.1. The van der Waals surface area contributed by atoms with Gasteiger partial charge in [0.15, 0.2) is 11.5 Å². The number of fused-ring (bicyclic) bond motifs is 2. The van der Waals surface area contributed by atoms with Crippen molar-refractivity contribution in [2.45, 2.75) is 31.7 Å². The minimum absolute atomic E-state index is 0.0746. The van der Waals surface area contributed by atoms with Crippen LogP contribution < -0.4 is 19.5 Å². The molecule has 4 heterocycles. The van der Waals surface area contributed by atoms with Gasteiger partial charge in [-0.2, -0.15) is 0 Å². The Balaban J connectivity index is 1.23. The molecule has 0 aromatic heterocycles. The molecule has 0 aliphatic carbocycles. The van der Waals surface area contributed by atoms with Gasteiger partial charge in [-0.15, -0.1) is 0 Å². The number of carbonyl (C=O) groups excluding carboxylic acids is 2. The van der Waals surface area contributed by atoms with E-state index in [0.717, 1.165) is 11.1 Å². The van der Waals surface area contributed by atoms with Gasteiger partial charge in [0.2, 0.25) is 18.6 Å². The van der Waals surface area contributed by atoms with Gasteiger partial charge in [0, 0.05) is 18.7 Å². The fourth-order valence-corrected chi connectivity index (χ4v) is 5.83. The van der Waals surface area contributed by atoms with Crippen LogP contribution in [0.25, 0.3) is 0 Å². The Morgan fingerprint density at radius 2 is 2.03 bits per heavy atom. The van der Waals surface area contributed by atoms with Crippen LogP contribution in [-0.2, 0) is 27.4 Å². The van der Waals surface area contributed by atoms with Gasteiger partial charge < -0.3 is 29.2 Å². The summed E-state index contributed by atoms with van der Waals surface area (Å²) in [6, 6.07) is 13.2. The van der Waals surface area contributed by atoms with Gasteiger partial charge in [-0.1, -0.05) is 36.4 Å². The SMILES string of the molecule is COc1ccccc1CNC(=O)C1[C@H]2C=C[C@@]3(CN(Cc4ccc5c(c4)OCO5)C(=O)[C@@]13C)O2. The van der Waals surface area contributed by atoms with Crippen LogP contribution in [0.4, 0.5) is 0 Å². The van der Waals surface area contributed by atoms with Crippen molar-refractivity contribution in [2.75, 3.05) is 20.4 Å². The average molecular weight is 463 g/mol. The molecule has 2 bridgehead atoms. The summed E-state index contributed by atoms with van der Waals surface area (Å²) >= 11 is 0. The molecule has 34 heavy (non-hydrogen) atoms. The molecule has 1 spiro atoms. The molecule has 4 aliphatic rings. The lowest BCUT2D eigenvalue weighted by molar-refractivity contribution is -0.143. The van der Waals surface area contributed by atoms with E-state index in [-0.39, 0.29) is 18.6 Å². The Morgan fingerprint density at radius 3 is 2.88 bits per heavy atom. The predicted molar refractivity (Wildman–Crippen MR) is 121 cm³/mol. The summed E-state index contributed by atoms with van der Waals surface area (Å²) < 4.78 is 22.6. The van der Waals surface area contributed by atoms with E-state index in [1.54, 1.807) is 12.0 Å². The van der Waals surface area contributed by atoms with Crippen LogP contribution in [0.15, 0.2) is 54.6 Å². The second-order valence-corrected chi connectivity index (χ2v) is 9.39. The van der Waals surface area contributed by atoms with E-state index in [2.05, 4.69) is 5.32 Å². The summed E-state index contributed by atoms with van der Waals surface area (Å²) in [4.78, 5) is 29.0. The number of para-hydroxylation sites is 1. The molecule has 0 radical (unpaired) electrons. The van der Waals surface area contributed by atoms with Gasteiger partial charge in [0.05, 0.1) is 31.1 Å². The van der Waals surface area contributed by atoms with Crippen molar-refractivity contribution < 1.29 is 28.5 Å². The quantitative estimate of drug-likeness (QED) is 0.664. The number of benzene rings is 2. The van der Waals surface area contributed by atoms with Gasteiger partial charge in [-0.3, -0.25) is 9.59 Å². The molecule has 176 valence electrons. The van der Waals surface area contributed by atoms with Crippen molar-refractivity contribution in [3.05, 3.63) is 65.7 Å². The first-order valence-corrected chi connectivity index (χ1v) is 11.4. The van der Waals surface area contributed by atoms with E-state index < -0.39 is 23.0 Å². The number of hydrogen-bond acceptors (Lipinski definition) is 6. The molecule has 4 atom stereocenters. The highest BCUT2D eigenvalue weighted by Crippen LogP contribution is 2.60. The number of methoxy groups -OCH3 is 1. The van der Waals surface area contributed by atoms with Crippen LogP contribution in [0, 0.1) is 11.3 Å². The van der Waals surface area contributed by atoms with Crippen molar-refractivity contribution in [3.63, 3.8) is 0 Å². The summed E-state index contributed by atoms with van der Waals surface area (Å²) in [6.07, 6.45) is 3.48. The number of ether oxygens (including phenoxy) is 4. The third kappa shape index (κ3) is 2.88. The number of carbonyl (C=O) groups is 2. The molecule has 1 N–H and O–H groups in total. The summed E-state index contributed by atoms with van der Waals surface area (Å²) in [5, 5.41) is 3.01. The number of likely N-dealkylation sites (tertiary alicyclic amines) is 1. The van der Waals surface area contributed by atoms with Gasteiger partial charge in [-0.05, 0) is 30.7 Å². The molecular formula is C26H26N2O6. The standard InChI is InChI=1S/C26H26N2O6/c1-25-22(23(29)27-12-17-5-3-4-6-18(17)31-2)20-9-10-26(25,34-20)14-28(24(25)30)13-16-7-8-19-21(11-16)33-15-32-19/h3-11,20,22H,12-15H2,1-2H3,(H,27,29)/t20-,22?,25-,26+/m1/s1. The lowest BCUT2D eigenvalue weighted by Crippen LogP contribution is -2.52. The van der Waals surface area contributed by atoms with E-state index in [1.165, 1.54) is 0 Å². The molecule has 2 saturated heterocycles. The van der Waals surface area contributed by atoms with Crippen LogP contribution >= 0.6 is 0 Å². The molecule has 2 fully saturated rings. The van der Waals surface area contributed by atoms with Crippen molar-refractivity contribution >= 4 is 11.8 Å². The maximum atomic E-state index is 13.8. The molecule has 6 rings (SSSR count). The normalized spacial score (nSPS) is 30.1. The van der Waals surface area contributed by atoms with Crippen LogP contribution in [0.3, 0.4) is 0 Å². The second kappa shape index (κ2) is 7.50. The number of hydrogen-bond donors (Lipinski definition) is 1. The highest BCUT2D eigenvalue weighted by Gasteiger charge is 2.74. The Labute approximate surface area is 197 Å². The second-order valence-electron chi connectivity index (χ2n) is 9.39. The van der Waals surface area contributed by atoms with E-state index in [4.69, 9.17) is 18.9 Å². The first kappa shape index (κ1) is 21.0. The minimum atomic E-state index is -0.979. The lowest BCUT2D eigenvalue weighted by Gasteiger charge is -2.34. The Bertz CT molecular complexity index is 1210. The van der Waals surface area contributed by atoms with Gasteiger partial charge >= 0.3 is 0 Å². The van der Waals surface area contributed by atoms with Gasteiger partial charge in [-0.25, -0.2) is 0 Å². The van der Waals surface area contributed by atoms with Crippen molar-refractivity contribution in [1.29, 1.82) is 0 Å². The molecule has 8 heteroatoms. The van der Waals surface area contributed by atoms with E-state index in [9.17, 15) is 9.59 Å². The first-order chi connectivity index (χ1) is 16.4. The third-order valence-electron chi connectivity index (χ3n) is 7.63. The molecule has 0 saturated carbocycles. The summed E-state index contributed by atoms with van der Waals surface area (Å²) in [7, 11) is 1.60. The Hall–Kier alpha value is -3.52. The van der Waals surface area contributed by atoms with Crippen LogP contribution in [0.2, 0.25) is 0 Å². The number of rotatable bonds is 6. The highest BCUT2D eigenvalue weighted by atomic mass is 16.7. The fraction of sp³-hybridized carbons (Fsp3) is 0.385. The molecule has 2 aromatic carbocycles. The molecule has 8 nitrogen and oxygen atoms in total. The summed E-state index contributed by atoms with van der Waals surface area (Å²) in [5.41, 5.74) is 0.0267. The lowest BCUT2D eigenvalue weighted by atomic mass is 9.64. The van der Waals surface area contributed by atoms with E-state index in [1.807, 2.05) is 61.5 Å². The first-order valence-electron chi connectivity index (χ1n) is 11.4. The number of nitrogens with one attached hydrogen (secondary N) is 1. The van der Waals surface area contributed by atoms with Crippen LogP contribution in [-0.4, -0.2) is 48.9 Å². The minimum Gasteiger partial charge on any atom is -0.496 e. The number of amides is 2. The molecule has 1 unspecified atom stereocenters. The predicted octanol–water partition coefficient (Wildman–Crippen LogP) is 2.41. The molecule has 2 amide bonds. The topological polar surface area (TPSA) is 86.3 Å². The maximum Gasteiger partial charge on any atom is 0.233 e. The largest absolute Gasteiger partial charge is 0.496 e. The average Bonchev–Trinajstić information content (AvgIpc) is 3.58.